The molecule has 0 saturated heterocycles. The summed E-state index contributed by atoms with van der Waals surface area (Å²) in [6.45, 7) is 8.72. The molecule has 0 aliphatic heterocycles. The third-order valence-electron chi connectivity index (χ3n) is 2.17. The van der Waals surface area contributed by atoms with Gasteiger partial charge in [-0.1, -0.05) is 13.8 Å². The number of halogens is 1. The zero-order chi connectivity index (χ0) is 10.0. The van der Waals surface area contributed by atoms with E-state index in [2.05, 4.69) is 60.1 Å². The fourth-order valence-electron chi connectivity index (χ4n) is 1.47. The second kappa shape index (κ2) is 4.44. The average molecular weight is 292 g/mol. The zero-order valence-electron chi connectivity index (χ0n) is 8.76. The minimum Gasteiger partial charge on any atom is -0.266 e. The Morgan fingerprint density at radius 2 is 1.92 bits per heavy atom. The number of aromatic nitrogens is 2. The lowest BCUT2D eigenvalue weighted by molar-refractivity contribution is 0.507. The van der Waals surface area contributed by atoms with Gasteiger partial charge in [-0.15, -0.1) is 0 Å². The fraction of sp³-hybridized carbons (Fsp3) is 0.700. The van der Waals surface area contributed by atoms with Crippen molar-refractivity contribution in [1.29, 1.82) is 0 Å². The number of hydrogen-bond donors (Lipinski definition) is 0. The Morgan fingerprint density at radius 3 is 2.23 bits per heavy atom. The van der Waals surface area contributed by atoms with Gasteiger partial charge in [0.05, 0.1) is 15.0 Å². The van der Waals surface area contributed by atoms with Crippen LogP contribution in [0.4, 0.5) is 0 Å². The smallest absolute Gasteiger partial charge is 0.0758 e. The average Bonchev–Trinajstić information content (AvgIpc) is 2.42. The van der Waals surface area contributed by atoms with E-state index in [4.69, 9.17) is 0 Å². The van der Waals surface area contributed by atoms with Crippen LogP contribution < -0.4 is 0 Å². The molecule has 0 atom stereocenters. The topological polar surface area (TPSA) is 17.8 Å². The lowest BCUT2D eigenvalue weighted by atomic mass is 10.2. The van der Waals surface area contributed by atoms with Crippen LogP contribution in [0.15, 0.2) is 0 Å². The molecular weight excluding hydrogens is 275 g/mol. The van der Waals surface area contributed by atoms with Crippen molar-refractivity contribution in [3.8, 4) is 0 Å². The third kappa shape index (κ3) is 2.06. The predicted molar refractivity (Wildman–Crippen MR) is 64.1 cm³/mol. The van der Waals surface area contributed by atoms with Gasteiger partial charge < -0.3 is 0 Å². The highest BCUT2D eigenvalue weighted by Gasteiger charge is 2.14. The minimum absolute atomic E-state index is 0.476. The molecule has 74 valence electrons. The Bertz CT molecular complexity index is 289. The molecular formula is C10H17IN2. The number of aryl methyl sites for hydroxylation is 1. The van der Waals surface area contributed by atoms with Gasteiger partial charge in [0.25, 0.3) is 0 Å². The Morgan fingerprint density at radius 1 is 1.31 bits per heavy atom. The van der Waals surface area contributed by atoms with Gasteiger partial charge in [-0.05, 0) is 49.3 Å². The first-order chi connectivity index (χ1) is 6.11. The predicted octanol–water partition coefficient (Wildman–Crippen LogP) is 3.19. The van der Waals surface area contributed by atoms with E-state index >= 15 is 0 Å². The molecule has 0 saturated carbocycles. The SMILES string of the molecule is CCc1nn(C(C)C)c(CC)c1I. The lowest BCUT2D eigenvalue weighted by Gasteiger charge is -2.09. The van der Waals surface area contributed by atoms with E-state index in [-0.39, 0.29) is 0 Å². The second-order valence-corrected chi connectivity index (χ2v) is 4.53. The van der Waals surface area contributed by atoms with Gasteiger partial charge in [-0.2, -0.15) is 5.10 Å². The van der Waals surface area contributed by atoms with E-state index in [1.54, 1.807) is 0 Å². The van der Waals surface area contributed by atoms with Crippen LogP contribution >= 0.6 is 22.6 Å². The molecule has 0 spiro atoms. The first-order valence-electron chi connectivity index (χ1n) is 4.87. The lowest BCUT2D eigenvalue weighted by Crippen LogP contribution is -2.07. The van der Waals surface area contributed by atoms with Crippen molar-refractivity contribution in [1.82, 2.24) is 9.78 Å². The second-order valence-electron chi connectivity index (χ2n) is 3.45. The van der Waals surface area contributed by atoms with E-state index in [1.165, 1.54) is 15.0 Å². The summed E-state index contributed by atoms with van der Waals surface area (Å²) < 4.78 is 3.51. The first kappa shape index (κ1) is 11.0. The molecule has 0 unspecified atom stereocenters. The van der Waals surface area contributed by atoms with Gasteiger partial charge in [-0.3, -0.25) is 4.68 Å². The molecule has 1 aromatic rings. The number of rotatable bonds is 3. The molecule has 0 N–H and O–H groups in total. The molecule has 1 rings (SSSR count). The Labute approximate surface area is 93.9 Å². The standard InChI is InChI=1S/C10H17IN2/c1-5-8-10(11)9(6-2)13(12-8)7(3)4/h7H,5-6H2,1-4H3. The van der Waals surface area contributed by atoms with Crippen molar-refractivity contribution >= 4 is 22.6 Å². The highest BCUT2D eigenvalue weighted by molar-refractivity contribution is 14.1. The molecule has 0 amide bonds. The van der Waals surface area contributed by atoms with Crippen LogP contribution in [0.2, 0.25) is 0 Å². The van der Waals surface area contributed by atoms with Crippen LogP contribution in [0.3, 0.4) is 0 Å². The maximum Gasteiger partial charge on any atom is 0.0758 e. The summed E-state index contributed by atoms with van der Waals surface area (Å²) in [6.07, 6.45) is 2.11. The summed E-state index contributed by atoms with van der Waals surface area (Å²) in [7, 11) is 0. The fourth-order valence-corrected chi connectivity index (χ4v) is 2.59. The zero-order valence-corrected chi connectivity index (χ0v) is 10.9. The van der Waals surface area contributed by atoms with E-state index in [1.807, 2.05) is 0 Å². The van der Waals surface area contributed by atoms with Crippen molar-refractivity contribution in [2.75, 3.05) is 0 Å². The molecule has 0 aliphatic rings. The largest absolute Gasteiger partial charge is 0.266 e. The number of hydrogen-bond acceptors (Lipinski definition) is 1. The maximum absolute atomic E-state index is 4.61. The molecule has 0 aromatic carbocycles. The molecule has 2 nitrogen and oxygen atoms in total. The third-order valence-corrected chi connectivity index (χ3v) is 3.42. The van der Waals surface area contributed by atoms with E-state index in [0.29, 0.717) is 6.04 Å². The van der Waals surface area contributed by atoms with Crippen LogP contribution in [0.5, 0.6) is 0 Å². The van der Waals surface area contributed by atoms with Gasteiger partial charge in [0.1, 0.15) is 0 Å². The molecule has 0 aliphatic carbocycles. The van der Waals surface area contributed by atoms with Crippen LogP contribution in [0.25, 0.3) is 0 Å². The van der Waals surface area contributed by atoms with E-state index in [9.17, 15) is 0 Å². The van der Waals surface area contributed by atoms with Crippen LogP contribution in [-0.4, -0.2) is 9.78 Å². The van der Waals surface area contributed by atoms with Gasteiger partial charge in [0.2, 0.25) is 0 Å². The van der Waals surface area contributed by atoms with E-state index < -0.39 is 0 Å². The summed E-state index contributed by atoms with van der Waals surface area (Å²) in [5.41, 5.74) is 2.62. The van der Waals surface area contributed by atoms with Gasteiger partial charge in [-0.25, -0.2) is 0 Å². The molecule has 3 heteroatoms. The molecule has 0 radical (unpaired) electrons. The molecule has 13 heavy (non-hydrogen) atoms. The van der Waals surface area contributed by atoms with Crippen molar-refractivity contribution < 1.29 is 0 Å². The van der Waals surface area contributed by atoms with Gasteiger partial charge >= 0.3 is 0 Å². The molecule has 1 aromatic heterocycles. The summed E-state index contributed by atoms with van der Waals surface area (Å²) in [4.78, 5) is 0. The monoisotopic (exact) mass is 292 g/mol. The Balaban J connectivity index is 3.19. The molecule has 1 heterocycles. The van der Waals surface area contributed by atoms with E-state index in [0.717, 1.165) is 12.8 Å². The van der Waals surface area contributed by atoms with Crippen molar-refractivity contribution in [2.45, 2.75) is 46.6 Å². The summed E-state index contributed by atoms with van der Waals surface area (Å²) in [6, 6.07) is 0.476. The van der Waals surface area contributed by atoms with Crippen molar-refractivity contribution in [3.05, 3.63) is 15.0 Å². The van der Waals surface area contributed by atoms with Crippen LogP contribution in [0.1, 0.15) is 45.1 Å². The van der Waals surface area contributed by atoms with Gasteiger partial charge in [0, 0.05) is 6.04 Å². The quantitative estimate of drug-likeness (QED) is 0.782. The van der Waals surface area contributed by atoms with Gasteiger partial charge in [0.15, 0.2) is 0 Å². The highest BCUT2D eigenvalue weighted by atomic mass is 127. The van der Waals surface area contributed by atoms with Crippen LogP contribution in [0, 0.1) is 3.57 Å². The minimum atomic E-state index is 0.476. The van der Waals surface area contributed by atoms with Crippen molar-refractivity contribution in [3.63, 3.8) is 0 Å². The molecule has 0 fully saturated rings. The van der Waals surface area contributed by atoms with Crippen LogP contribution in [-0.2, 0) is 12.8 Å². The number of nitrogens with zero attached hydrogens (tertiary/aromatic N) is 2. The Kier molecular flexibility index (Phi) is 3.76. The Hall–Kier alpha value is -0.0600. The summed E-state index contributed by atoms with van der Waals surface area (Å²) in [5, 5.41) is 4.61. The highest BCUT2D eigenvalue weighted by Crippen LogP contribution is 2.21. The first-order valence-corrected chi connectivity index (χ1v) is 5.95. The van der Waals surface area contributed by atoms with Crippen molar-refractivity contribution in [2.24, 2.45) is 0 Å². The molecule has 0 bridgehead atoms. The normalized spacial score (nSPS) is 11.2. The summed E-state index contributed by atoms with van der Waals surface area (Å²) in [5.74, 6) is 0. The maximum atomic E-state index is 4.61. The summed E-state index contributed by atoms with van der Waals surface area (Å²) >= 11 is 2.41.